The number of halogens is 2. The van der Waals surface area contributed by atoms with Gasteiger partial charge in [0.15, 0.2) is 5.13 Å². The van der Waals surface area contributed by atoms with Gasteiger partial charge in [-0.05, 0) is 24.3 Å². The number of carboxylic acid groups (broad SMARTS) is 1. The molecule has 0 aliphatic heterocycles. The van der Waals surface area contributed by atoms with E-state index in [9.17, 15) is 9.59 Å². The summed E-state index contributed by atoms with van der Waals surface area (Å²) >= 11 is 12.8. The molecule has 1 heterocycles. The van der Waals surface area contributed by atoms with Gasteiger partial charge in [-0.2, -0.15) is 0 Å². The Hall–Kier alpha value is -1.89. The molecule has 0 spiro atoms. The standard InChI is InChI=1S/C13H8Cl2N2O3S/c14-9-3-1-7(5-10(9)15)12(20)17-13-16-6-8(21-13)2-4-11(18)19/h1-6H,(H,18,19)(H,16,17,20). The lowest BCUT2D eigenvalue weighted by Gasteiger charge is -2.02. The van der Waals surface area contributed by atoms with Crippen LogP contribution in [0.1, 0.15) is 15.2 Å². The number of thiazole rings is 1. The molecular weight excluding hydrogens is 335 g/mol. The number of carbonyl (C=O) groups excluding carboxylic acids is 1. The van der Waals surface area contributed by atoms with E-state index in [1.54, 1.807) is 6.07 Å². The topological polar surface area (TPSA) is 79.3 Å². The Kier molecular flexibility index (Phi) is 4.95. The zero-order valence-corrected chi connectivity index (χ0v) is 12.7. The summed E-state index contributed by atoms with van der Waals surface area (Å²) in [7, 11) is 0. The third-order valence-corrected chi connectivity index (χ3v) is 3.93. The first kappa shape index (κ1) is 15.5. The summed E-state index contributed by atoms with van der Waals surface area (Å²) in [6.45, 7) is 0. The average molecular weight is 343 g/mol. The molecule has 8 heteroatoms. The van der Waals surface area contributed by atoms with Crippen LogP contribution < -0.4 is 5.32 Å². The first-order valence-corrected chi connectivity index (χ1v) is 7.16. The minimum Gasteiger partial charge on any atom is -0.478 e. The molecule has 0 aliphatic carbocycles. The number of carbonyl (C=O) groups is 2. The number of carboxylic acids is 1. The highest BCUT2D eigenvalue weighted by Crippen LogP contribution is 2.24. The van der Waals surface area contributed by atoms with Gasteiger partial charge in [-0.3, -0.25) is 10.1 Å². The Bertz CT molecular complexity index is 728. The molecule has 0 aliphatic rings. The van der Waals surface area contributed by atoms with Gasteiger partial charge in [-0.1, -0.05) is 34.5 Å². The molecule has 1 aromatic heterocycles. The summed E-state index contributed by atoms with van der Waals surface area (Å²) < 4.78 is 0. The number of hydrogen-bond donors (Lipinski definition) is 2. The smallest absolute Gasteiger partial charge is 0.328 e. The number of rotatable bonds is 4. The van der Waals surface area contributed by atoms with Gasteiger partial charge in [-0.15, -0.1) is 0 Å². The number of anilines is 1. The van der Waals surface area contributed by atoms with Crippen molar-refractivity contribution >= 4 is 57.6 Å². The Morgan fingerprint density at radius 1 is 1.29 bits per heavy atom. The predicted molar refractivity (Wildman–Crippen MR) is 83.2 cm³/mol. The lowest BCUT2D eigenvalue weighted by molar-refractivity contribution is -0.131. The molecule has 1 amide bonds. The maximum atomic E-state index is 12.0. The van der Waals surface area contributed by atoms with E-state index in [-0.39, 0.29) is 10.9 Å². The van der Waals surface area contributed by atoms with Crippen LogP contribution in [0.15, 0.2) is 30.5 Å². The van der Waals surface area contributed by atoms with Crippen LogP contribution in [-0.2, 0) is 4.79 Å². The number of hydrogen-bond acceptors (Lipinski definition) is 4. The molecule has 0 bridgehead atoms. The zero-order valence-electron chi connectivity index (χ0n) is 10.3. The van der Waals surface area contributed by atoms with Crippen molar-refractivity contribution in [1.29, 1.82) is 0 Å². The van der Waals surface area contributed by atoms with Crippen LogP contribution in [0.3, 0.4) is 0 Å². The molecule has 0 fully saturated rings. The fourth-order valence-corrected chi connectivity index (χ4v) is 2.39. The quantitative estimate of drug-likeness (QED) is 0.828. The molecule has 0 radical (unpaired) electrons. The number of nitrogens with zero attached hydrogens (tertiary/aromatic N) is 1. The normalized spacial score (nSPS) is 10.8. The van der Waals surface area contributed by atoms with E-state index >= 15 is 0 Å². The summed E-state index contributed by atoms with van der Waals surface area (Å²) in [6.07, 6.45) is 3.86. The molecule has 2 N–H and O–H groups in total. The number of nitrogens with one attached hydrogen (secondary N) is 1. The van der Waals surface area contributed by atoms with E-state index in [0.717, 1.165) is 17.4 Å². The molecule has 5 nitrogen and oxygen atoms in total. The van der Waals surface area contributed by atoms with Gasteiger partial charge in [0.25, 0.3) is 5.91 Å². The Morgan fingerprint density at radius 2 is 2.05 bits per heavy atom. The first-order valence-electron chi connectivity index (χ1n) is 5.59. The summed E-state index contributed by atoms with van der Waals surface area (Å²) in [5.74, 6) is -1.43. The fourth-order valence-electron chi connectivity index (χ4n) is 1.38. The molecule has 1 aromatic carbocycles. The number of benzene rings is 1. The van der Waals surface area contributed by atoms with Crippen LogP contribution in [0, 0.1) is 0 Å². The monoisotopic (exact) mass is 342 g/mol. The molecular formula is C13H8Cl2N2O3S. The van der Waals surface area contributed by atoms with Crippen LogP contribution in [0.25, 0.3) is 6.08 Å². The van der Waals surface area contributed by atoms with Crippen molar-refractivity contribution in [1.82, 2.24) is 4.98 Å². The lowest BCUT2D eigenvalue weighted by Crippen LogP contribution is -2.11. The van der Waals surface area contributed by atoms with Crippen molar-refractivity contribution in [2.24, 2.45) is 0 Å². The summed E-state index contributed by atoms with van der Waals surface area (Å²) in [6, 6.07) is 4.53. The Labute approximate surface area is 133 Å². The van der Waals surface area contributed by atoms with Gasteiger partial charge >= 0.3 is 5.97 Å². The fraction of sp³-hybridized carbons (Fsp3) is 0. The summed E-state index contributed by atoms with van der Waals surface area (Å²) in [5.41, 5.74) is 0.349. The largest absolute Gasteiger partial charge is 0.478 e. The average Bonchev–Trinajstić information content (AvgIpc) is 2.87. The highest BCUT2D eigenvalue weighted by Gasteiger charge is 2.10. The van der Waals surface area contributed by atoms with E-state index in [2.05, 4.69) is 10.3 Å². The highest BCUT2D eigenvalue weighted by molar-refractivity contribution is 7.16. The molecule has 0 unspecified atom stereocenters. The van der Waals surface area contributed by atoms with Gasteiger partial charge < -0.3 is 5.11 Å². The molecule has 0 saturated carbocycles. The van der Waals surface area contributed by atoms with Gasteiger partial charge in [0, 0.05) is 22.7 Å². The zero-order chi connectivity index (χ0) is 15.4. The third kappa shape index (κ3) is 4.29. The van der Waals surface area contributed by atoms with Crippen LogP contribution >= 0.6 is 34.5 Å². The maximum absolute atomic E-state index is 12.0. The summed E-state index contributed by atoms with van der Waals surface area (Å²) in [5, 5.41) is 12.1. The van der Waals surface area contributed by atoms with Gasteiger partial charge in [0.05, 0.1) is 10.0 Å². The van der Waals surface area contributed by atoms with Gasteiger partial charge in [0.2, 0.25) is 0 Å². The molecule has 2 aromatic rings. The van der Waals surface area contributed by atoms with Gasteiger partial charge in [-0.25, -0.2) is 9.78 Å². The molecule has 2 rings (SSSR count). The van der Waals surface area contributed by atoms with Crippen molar-refractivity contribution in [2.75, 3.05) is 5.32 Å². The second kappa shape index (κ2) is 6.71. The van der Waals surface area contributed by atoms with Crippen LogP contribution in [0.2, 0.25) is 10.0 Å². The van der Waals surface area contributed by atoms with Crippen molar-refractivity contribution in [3.63, 3.8) is 0 Å². The second-order valence-corrected chi connectivity index (χ2v) is 5.70. The van der Waals surface area contributed by atoms with Crippen LogP contribution in [0.5, 0.6) is 0 Å². The first-order chi connectivity index (χ1) is 9.95. The van der Waals surface area contributed by atoms with Crippen molar-refractivity contribution in [3.05, 3.63) is 51.0 Å². The molecule has 21 heavy (non-hydrogen) atoms. The van der Waals surface area contributed by atoms with Crippen molar-refractivity contribution in [2.45, 2.75) is 0 Å². The van der Waals surface area contributed by atoms with E-state index in [0.29, 0.717) is 20.6 Å². The Balaban J connectivity index is 2.09. The maximum Gasteiger partial charge on any atom is 0.328 e. The van der Waals surface area contributed by atoms with Crippen LogP contribution in [0.4, 0.5) is 5.13 Å². The van der Waals surface area contributed by atoms with E-state index in [1.807, 2.05) is 0 Å². The number of aliphatic carboxylic acids is 1. The number of aromatic nitrogens is 1. The third-order valence-electron chi connectivity index (χ3n) is 2.32. The highest BCUT2D eigenvalue weighted by atomic mass is 35.5. The SMILES string of the molecule is O=C(O)C=Cc1cnc(NC(=O)c2ccc(Cl)c(Cl)c2)s1. The second-order valence-electron chi connectivity index (χ2n) is 3.82. The Morgan fingerprint density at radius 3 is 2.71 bits per heavy atom. The lowest BCUT2D eigenvalue weighted by atomic mass is 10.2. The molecule has 108 valence electrons. The molecule has 0 saturated heterocycles. The van der Waals surface area contributed by atoms with Crippen molar-refractivity contribution < 1.29 is 14.7 Å². The molecule has 0 atom stereocenters. The van der Waals surface area contributed by atoms with E-state index in [1.165, 1.54) is 24.4 Å². The minimum atomic E-state index is -1.05. The van der Waals surface area contributed by atoms with Crippen molar-refractivity contribution in [3.8, 4) is 0 Å². The van der Waals surface area contributed by atoms with E-state index < -0.39 is 5.97 Å². The number of amides is 1. The van der Waals surface area contributed by atoms with Crippen LogP contribution in [-0.4, -0.2) is 22.0 Å². The van der Waals surface area contributed by atoms with E-state index in [4.69, 9.17) is 28.3 Å². The summed E-state index contributed by atoms with van der Waals surface area (Å²) in [4.78, 5) is 27.0. The van der Waals surface area contributed by atoms with Gasteiger partial charge in [0.1, 0.15) is 0 Å². The minimum absolute atomic E-state index is 0.286. The predicted octanol–water partition coefficient (Wildman–Crippen LogP) is 3.80.